The van der Waals surface area contributed by atoms with Gasteiger partial charge in [0.2, 0.25) is 0 Å². The molecular formula is C15H21BrN2O2. The van der Waals surface area contributed by atoms with Crippen molar-refractivity contribution in [1.29, 1.82) is 0 Å². The first kappa shape index (κ1) is 15.3. The minimum Gasteiger partial charge on any atom is -0.484 e. The molecule has 5 heteroatoms. The van der Waals surface area contributed by atoms with Crippen LogP contribution in [-0.4, -0.2) is 30.5 Å². The summed E-state index contributed by atoms with van der Waals surface area (Å²) in [4.78, 5) is 14.0. The van der Waals surface area contributed by atoms with Crippen LogP contribution in [0.5, 0.6) is 5.75 Å². The van der Waals surface area contributed by atoms with Gasteiger partial charge in [-0.25, -0.2) is 0 Å². The second kappa shape index (κ2) is 7.64. The van der Waals surface area contributed by atoms with Crippen LogP contribution in [0.15, 0.2) is 22.7 Å². The van der Waals surface area contributed by atoms with Crippen LogP contribution in [0.1, 0.15) is 31.2 Å². The average Bonchev–Trinajstić information content (AvgIpc) is 2.75. The van der Waals surface area contributed by atoms with Crippen LogP contribution < -0.4 is 10.5 Å². The van der Waals surface area contributed by atoms with Gasteiger partial charge in [0.05, 0.1) is 0 Å². The van der Waals surface area contributed by atoms with Gasteiger partial charge >= 0.3 is 0 Å². The van der Waals surface area contributed by atoms with E-state index in [-0.39, 0.29) is 12.5 Å². The molecule has 0 aromatic heterocycles. The first-order chi connectivity index (χ1) is 9.70. The third kappa shape index (κ3) is 4.21. The normalized spacial score (nSPS) is 15.8. The van der Waals surface area contributed by atoms with Gasteiger partial charge in [-0.1, -0.05) is 28.8 Å². The summed E-state index contributed by atoms with van der Waals surface area (Å²) in [6.07, 6.45) is 4.64. The first-order valence-electron chi connectivity index (χ1n) is 7.10. The van der Waals surface area contributed by atoms with Gasteiger partial charge in [0.1, 0.15) is 5.75 Å². The minimum atomic E-state index is 0.0733. The number of amides is 1. The van der Waals surface area contributed by atoms with Crippen LogP contribution in [0, 0.1) is 0 Å². The molecule has 0 bridgehead atoms. The Kier molecular flexibility index (Phi) is 5.86. The van der Waals surface area contributed by atoms with Crippen molar-refractivity contribution in [3.05, 3.63) is 28.2 Å². The Balaban J connectivity index is 1.89. The molecule has 0 radical (unpaired) electrons. The van der Waals surface area contributed by atoms with Crippen LogP contribution in [-0.2, 0) is 11.3 Å². The van der Waals surface area contributed by atoms with E-state index in [2.05, 4.69) is 15.9 Å². The van der Waals surface area contributed by atoms with Crippen LogP contribution in [0.25, 0.3) is 0 Å². The van der Waals surface area contributed by atoms with Gasteiger partial charge < -0.3 is 15.4 Å². The van der Waals surface area contributed by atoms with Crippen molar-refractivity contribution in [2.75, 3.05) is 19.7 Å². The lowest BCUT2D eigenvalue weighted by molar-refractivity contribution is -0.133. The minimum absolute atomic E-state index is 0.0733. The van der Waals surface area contributed by atoms with E-state index in [1.807, 2.05) is 23.1 Å². The molecule has 1 aromatic rings. The van der Waals surface area contributed by atoms with Gasteiger partial charge in [0, 0.05) is 24.1 Å². The number of likely N-dealkylation sites (tertiary alicyclic amines) is 1. The molecule has 4 nitrogen and oxygen atoms in total. The molecule has 1 fully saturated rings. The number of rotatable bonds is 4. The molecule has 1 amide bonds. The fourth-order valence-corrected chi connectivity index (χ4v) is 2.76. The number of ether oxygens (including phenoxy) is 1. The molecule has 20 heavy (non-hydrogen) atoms. The highest BCUT2D eigenvalue weighted by molar-refractivity contribution is 9.10. The highest BCUT2D eigenvalue weighted by atomic mass is 79.9. The van der Waals surface area contributed by atoms with Crippen molar-refractivity contribution in [2.24, 2.45) is 5.73 Å². The lowest BCUT2D eigenvalue weighted by Crippen LogP contribution is -2.35. The summed E-state index contributed by atoms with van der Waals surface area (Å²) in [7, 11) is 0. The molecule has 1 aliphatic rings. The van der Waals surface area contributed by atoms with E-state index in [4.69, 9.17) is 10.5 Å². The zero-order chi connectivity index (χ0) is 14.4. The van der Waals surface area contributed by atoms with E-state index in [9.17, 15) is 4.79 Å². The number of hydrogen-bond donors (Lipinski definition) is 1. The Bertz CT molecular complexity index is 457. The van der Waals surface area contributed by atoms with Gasteiger partial charge in [-0.15, -0.1) is 0 Å². The fourth-order valence-electron chi connectivity index (χ4n) is 2.35. The fraction of sp³-hybridized carbons (Fsp3) is 0.533. The van der Waals surface area contributed by atoms with Crippen LogP contribution >= 0.6 is 15.9 Å². The third-order valence-electron chi connectivity index (χ3n) is 3.56. The third-order valence-corrected chi connectivity index (χ3v) is 4.33. The second-order valence-corrected chi connectivity index (χ2v) is 5.90. The van der Waals surface area contributed by atoms with Crippen molar-refractivity contribution in [3.8, 4) is 5.75 Å². The molecule has 0 aliphatic carbocycles. The maximum atomic E-state index is 12.1. The number of carbonyl (C=O) groups is 1. The summed E-state index contributed by atoms with van der Waals surface area (Å²) in [6.45, 7) is 2.26. The van der Waals surface area contributed by atoms with E-state index >= 15 is 0 Å². The number of nitrogens with zero attached hydrogens (tertiary/aromatic N) is 1. The molecule has 1 aliphatic heterocycles. The number of benzene rings is 1. The molecule has 0 spiro atoms. The number of halogens is 1. The molecule has 1 heterocycles. The van der Waals surface area contributed by atoms with Crippen LogP contribution in [0.3, 0.4) is 0 Å². The molecular weight excluding hydrogens is 320 g/mol. The van der Waals surface area contributed by atoms with E-state index in [0.29, 0.717) is 12.3 Å². The second-order valence-electron chi connectivity index (χ2n) is 5.04. The molecule has 0 atom stereocenters. The standard InChI is InChI=1S/C15H21BrN2O2/c16-14-6-5-13(9-12(14)10-17)20-11-15(19)18-7-3-1-2-4-8-18/h5-6,9H,1-4,7-8,10-11,17H2. The van der Waals surface area contributed by atoms with E-state index in [0.717, 1.165) is 36.0 Å². The van der Waals surface area contributed by atoms with Gasteiger partial charge in [0.15, 0.2) is 6.61 Å². The lowest BCUT2D eigenvalue weighted by atomic mass is 10.2. The van der Waals surface area contributed by atoms with Gasteiger partial charge in [-0.05, 0) is 36.6 Å². The topological polar surface area (TPSA) is 55.6 Å². The van der Waals surface area contributed by atoms with Gasteiger partial charge in [-0.3, -0.25) is 4.79 Å². The first-order valence-corrected chi connectivity index (χ1v) is 7.89. The largest absolute Gasteiger partial charge is 0.484 e. The quantitative estimate of drug-likeness (QED) is 0.916. The Labute approximate surface area is 128 Å². The SMILES string of the molecule is NCc1cc(OCC(=O)N2CCCCCC2)ccc1Br. The molecule has 110 valence electrons. The van der Waals surface area contributed by atoms with E-state index in [1.54, 1.807) is 0 Å². The zero-order valence-corrected chi connectivity index (χ0v) is 13.2. The number of nitrogens with two attached hydrogens (primary N) is 1. The highest BCUT2D eigenvalue weighted by Gasteiger charge is 2.15. The van der Waals surface area contributed by atoms with E-state index < -0.39 is 0 Å². The Morgan fingerprint density at radius 3 is 2.60 bits per heavy atom. The molecule has 0 unspecified atom stereocenters. The molecule has 2 rings (SSSR count). The lowest BCUT2D eigenvalue weighted by Gasteiger charge is -2.20. The summed E-state index contributed by atoms with van der Waals surface area (Å²) in [5, 5.41) is 0. The summed E-state index contributed by atoms with van der Waals surface area (Å²) in [5.74, 6) is 0.765. The smallest absolute Gasteiger partial charge is 0.260 e. The average molecular weight is 341 g/mol. The molecule has 2 N–H and O–H groups in total. The Morgan fingerprint density at radius 2 is 1.95 bits per heavy atom. The predicted octanol–water partition coefficient (Wildman–Crippen LogP) is 2.69. The number of hydrogen-bond acceptors (Lipinski definition) is 3. The van der Waals surface area contributed by atoms with Gasteiger partial charge in [-0.2, -0.15) is 0 Å². The Morgan fingerprint density at radius 1 is 1.25 bits per heavy atom. The summed E-state index contributed by atoms with van der Waals surface area (Å²) < 4.78 is 6.56. The summed E-state index contributed by atoms with van der Waals surface area (Å²) >= 11 is 3.43. The van der Waals surface area contributed by atoms with Crippen molar-refractivity contribution in [1.82, 2.24) is 4.90 Å². The molecule has 1 aromatic carbocycles. The van der Waals surface area contributed by atoms with Crippen molar-refractivity contribution in [3.63, 3.8) is 0 Å². The van der Waals surface area contributed by atoms with Crippen LogP contribution in [0.2, 0.25) is 0 Å². The van der Waals surface area contributed by atoms with Crippen molar-refractivity contribution in [2.45, 2.75) is 32.2 Å². The van der Waals surface area contributed by atoms with Gasteiger partial charge in [0.25, 0.3) is 5.91 Å². The maximum absolute atomic E-state index is 12.1. The predicted molar refractivity (Wildman–Crippen MR) is 82.6 cm³/mol. The van der Waals surface area contributed by atoms with Crippen molar-refractivity contribution >= 4 is 21.8 Å². The van der Waals surface area contributed by atoms with E-state index in [1.165, 1.54) is 12.8 Å². The zero-order valence-electron chi connectivity index (χ0n) is 11.6. The number of carbonyl (C=O) groups excluding carboxylic acids is 1. The maximum Gasteiger partial charge on any atom is 0.260 e. The Hall–Kier alpha value is -1.07. The molecule has 0 saturated carbocycles. The molecule has 1 saturated heterocycles. The highest BCUT2D eigenvalue weighted by Crippen LogP contribution is 2.22. The summed E-state index contributed by atoms with van der Waals surface area (Å²) in [5.41, 5.74) is 6.63. The van der Waals surface area contributed by atoms with Crippen molar-refractivity contribution < 1.29 is 9.53 Å². The van der Waals surface area contributed by atoms with Crippen LogP contribution in [0.4, 0.5) is 0 Å². The summed E-state index contributed by atoms with van der Waals surface area (Å²) in [6, 6.07) is 5.62. The monoisotopic (exact) mass is 340 g/mol.